The smallest absolute Gasteiger partial charge is 0.288 e. The van der Waals surface area contributed by atoms with Crippen molar-refractivity contribution in [3.05, 3.63) is 266 Å². The van der Waals surface area contributed by atoms with Gasteiger partial charge in [-0.1, -0.05) is 254 Å². The molecule has 0 fully saturated rings. The van der Waals surface area contributed by atoms with Crippen LogP contribution in [0.3, 0.4) is 0 Å². The van der Waals surface area contributed by atoms with Crippen LogP contribution in [-0.4, -0.2) is 21.5 Å². The van der Waals surface area contributed by atoms with Crippen molar-refractivity contribution in [1.82, 2.24) is 0 Å². The average Bonchev–Trinajstić information content (AvgIpc) is 3.32. The summed E-state index contributed by atoms with van der Waals surface area (Å²) in [4.78, 5) is 0. The third kappa shape index (κ3) is 8.15. The molecule has 0 aromatic heterocycles. The highest BCUT2D eigenvalue weighted by molar-refractivity contribution is 7.14. The first-order valence-corrected chi connectivity index (χ1v) is 24.2. The highest BCUT2D eigenvalue weighted by Gasteiger charge is 2.45. The summed E-state index contributed by atoms with van der Waals surface area (Å²) in [7, 11) is -5.96. The van der Waals surface area contributed by atoms with Gasteiger partial charge in [-0.25, -0.2) is 0 Å². The van der Waals surface area contributed by atoms with Crippen molar-refractivity contribution in [1.29, 1.82) is 0 Å². The topological polar surface area (TPSA) is 29.5 Å². The molecule has 8 aromatic carbocycles. The maximum atomic E-state index is 12.7. The first-order valence-electron chi connectivity index (χ1n) is 20.2. The Hall–Kier alpha value is -6.15. The molecule has 0 aliphatic rings. The average molecular weight is 785 g/mol. The molecule has 1 N–H and O–H groups in total. The fourth-order valence-corrected chi connectivity index (χ4v) is 16.8. The van der Waals surface area contributed by atoms with E-state index in [0.717, 1.165) is 11.1 Å². The molecule has 8 rings (SSSR count). The van der Waals surface area contributed by atoms with E-state index in [9.17, 15) is 5.11 Å². The molecule has 0 amide bonds. The molecule has 3 atom stereocenters. The van der Waals surface area contributed by atoms with Crippen LogP contribution in [0.1, 0.15) is 29.8 Å². The van der Waals surface area contributed by atoms with E-state index >= 15 is 0 Å². The largest absolute Gasteiger partial charge is 0.397 e. The van der Waals surface area contributed by atoms with Gasteiger partial charge < -0.3 is 9.53 Å². The molecule has 2 nitrogen and oxygen atoms in total. The number of benzene rings is 8. The van der Waals surface area contributed by atoms with Gasteiger partial charge in [0.15, 0.2) is 8.07 Å². The zero-order chi connectivity index (χ0) is 39.5. The van der Waals surface area contributed by atoms with E-state index < -0.39 is 22.5 Å². The maximum absolute atomic E-state index is 12.7. The van der Waals surface area contributed by atoms with Crippen molar-refractivity contribution >= 4 is 47.5 Å². The number of hydrogen-bond acceptors (Lipinski definition) is 2. The predicted molar refractivity (Wildman–Crippen MR) is 247 cm³/mol. The quantitative estimate of drug-likeness (QED) is 0.0837. The van der Waals surface area contributed by atoms with Gasteiger partial charge in [-0.2, -0.15) is 0 Å². The number of hydrogen-bond donors (Lipinski definition) is 1. The minimum absolute atomic E-state index is 0.315. The van der Waals surface area contributed by atoms with Crippen LogP contribution in [0.15, 0.2) is 254 Å². The van der Waals surface area contributed by atoms with Crippen LogP contribution >= 0.6 is 0 Å². The Morgan fingerprint density at radius 1 is 0.379 bits per heavy atom. The fraction of sp³-hybridized carbons (Fsp3) is 0.0741. The van der Waals surface area contributed by atoms with E-state index in [-0.39, 0.29) is 12.0 Å². The molecule has 0 aliphatic heterocycles. The summed E-state index contributed by atoms with van der Waals surface area (Å²) in [5.41, 5.74) is 4.44. The molecule has 4 heteroatoms. The Morgan fingerprint density at radius 2 is 0.672 bits per heavy atom. The zero-order valence-electron chi connectivity index (χ0n) is 32.5. The Balaban J connectivity index is 1.33. The molecular formula is C54H48O2Si2. The molecule has 0 aliphatic carbocycles. The monoisotopic (exact) mass is 784 g/mol. The van der Waals surface area contributed by atoms with Gasteiger partial charge in [-0.3, -0.25) is 0 Å². The molecule has 284 valence electrons. The third-order valence-corrected chi connectivity index (χ3v) is 19.8. The van der Waals surface area contributed by atoms with Gasteiger partial charge in [-0.05, 0) is 48.7 Å². The molecule has 8 aromatic rings. The van der Waals surface area contributed by atoms with Crippen molar-refractivity contribution in [3.8, 4) is 0 Å². The normalized spacial score (nSPS) is 13.5. The van der Waals surface area contributed by atoms with E-state index in [1.807, 2.05) is 30.3 Å². The van der Waals surface area contributed by atoms with Crippen molar-refractivity contribution in [3.63, 3.8) is 0 Å². The van der Waals surface area contributed by atoms with Crippen molar-refractivity contribution < 1.29 is 9.53 Å². The molecule has 58 heavy (non-hydrogen) atoms. The number of aliphatic hydroxyl groups excluding tert-OH is 1. The number of aliphatic hydroxyl groups is 1. The van der Waals surface area contributed by atoms with Crippen LogP contribution in [0.5, 0.6) is 0 Å². The molecular weight excluding hydrogens is 737 g/mol. The van der Waals surface area contributed by atoms with Crippen molar-refractivity contribution in [2.45, 2.75) is 18.6 Å². The Morgan fingerprint density at radius 3 is 1.02 bits per heavy atom. The lowest BCUT2D eigenvalue weighted by molar-refractivity contribution is 0.0905. The summed E-state index contributed by atoms with van der Waals surface area (Å²) >= 11 is 0. The number of rotatable bonds is 15. The Kier molecular flexibility index (Phi) is 12.3. The van der Waals surface area contributed by atoms with Crippen LogP contribution in [0.25, 0.3) is 0 Å². The molecule has 0 saturated heterocycles. The summed E-state index contributed by atoms with van der Waals surface area (Å²) < 4.78 is 7.99. The highest BCUT2D eigenvalue weighted by Crippen LogP contribution is 2.36. The summed E-state index contributed by atoms with van der Waals surface area (Å²) in [6.07, 6.45) is 1.71. The molecule has 3 unspecified atom stereocenters. The molecule has 0 saturated carbocycles. The van der Waals surface area contributed by atoms with Gasteiger partial charge in [0, 0.05) is 5.92 Å². The van der Waals surface area contributed by atoms with E-state index in [1.54, 1.807) is 0 Å². The summed E-state index contributed by atoms with van der Waals surface area (Å²) in [5.74, 6) is -0.315. The third-order valence-electron chi connectivity index (χ3n) is 11.3. The maximum Gasteiger partial charge on any atom is 0.288 e. The Labute approximate surface area is 345 Å². The minimum atomic E-state index is -3.17. The first-order chi connectivity index (χ1) is 28.7. The molecule has 0 heterocycles. The summed E-state index contributed by atoms with van der Waals surface area (Å²) in [6.45, 7) is 0. The SMILES string of the molecule is OC(c1ccccc1)C(/C=C/[Si](c1ccccc1)(c1ccccc1)c1ccccc1)CC(O[Si](c1ccccc1)(c1ccccc1)c1ccccc1)c1ccccc1. The van der Waals surface area contributed by atoms with Gasteiger partial charge in [0.2, 0.25) is 0 Å². The van der Waals surface area contributed by atoms with Crippen LogP contribution < -0.4 is 31.1 Å². The minimum Gasteiger partial charge on any atom is -0.397 e. The second-order valence-electron chi connectivity index (χ2n) is 14.8. The van der Waals surface area contributed by atoms with Crippen LogP contribution in [0.2, 0.25) is 0 Å². The predicted octanol–water partition coefficient (Wildman–Crippen LogP) is 8.42. The first kappa shape index (κ1) is 38.7. The van der Waals surface area contributed by atoms with Gasteiger partial charge in [0.05, 0.1) is 12.2 Å². The van der Waals surface area contributed by atoms with E-state index in [2.05, 4.69) is 224 Å². The van der Waals surface area contributed by atoms with E-state index in [4.69, 9.17) is 4.43 Å². The van der Waals surface area contributed by atoms with Crippen LogP contribution in [0.4, 0.5) is 0 Å². The van der Waals surface area contributed by atoms with Crippen molar-refractivity contribution in [2.75, 3.05) is 0 Å². The van der Waals surface area contributed by atoms with E-state index in [0.29, 0.717) is 6.42 Å². The van der Waals surface area contributed by atoms with E-state index in [1.165, 1.54) is 31.1 Å². The van der Waals surface area contributed by atoms with Gasteiger partial charge in [0.1, 0.15) is 0 Å². The standard InChI is InChI=1S/C54H48O2Si2/c55-54(45-27-11-2-12-28-45)46(41-42-57(47-29-13-3-14-30-47,48-31-15-4-16-32-48)49-33-17-5-18-34-49)43-53(44-25-9-1-10-26-44)56-58(50-35-19-6-20-36-50,51-37-21-7-22-38-51)52-39-23-8-24-40-52/h1-42,46,53-55H,43H2/b42-41+. The second-order valence-corrected chi connectivity index (χ2v) is 21.8. The van der Waals surface area contributed by atoms with Crippen LogP contribution in [0, 0.1) is 5.92 Å². The fourth-order valence-electron chi connectivity index (χ4n) is 8.47. The van der Waals surface area contributed by atoms with Gasteiger partial charge >= 0.3 is 0 Å². The van der Waals surface area contributed by atoms with Gasteiger partial charge in [-0.15, -0.1) is 0 Å². The van der Waals surface area contributed by atoms with Crippen LogP contribution in [-0.2, 0) is 4.43 Å². The van der Waals surface area contributed by atoms with Crippen molar-refractivity contribution in [2.24, 2.45) is 5.92 Å². The lowest BCUT2D eigenvalue weighted by atomic mass is 9.89. The Bertz CT molecular complexity index is 2260. The lowest BCUT2D eigenvalue weighted by Gasteiger charge is -2.38. The summed E-state index contributed by atoms with van der Waals surface area (Å²) in [5, 5.41) is 20.0. The second kappa shape index (κ2) is 18.4. The lowest BCUT2D eigenvalue weighted by Crippen LogP contribution is -2.69. The zero-order valence-corrected chi connectivity index (χ0v) is 34.5. The van der Waals surface area contributed by atoms with Gasteiger partial charge in [0.25, 0.3) is 8.32 Å². The summed E-state index contributed by atoms with van der Waals surface area (Å²) in [6, 6.07) is 85.8. The molecule has 0 spiro atoms. The molecule has 0 radical (unpaired) electrons. The highest BCUT2D eigenvalue weighted by atomic mass is 28.4. The molecule has 0 bridgehead atoms.